The number of benzene rings is 2. The van der Waals surface area contributed by atoms with E-state index in [2.05, 4.69) is 5.32 Å². The Kier molecular flexibility index (Phi) is 4.37. The van der Waals surface area contributed by atoms with Crippen molar-refractivity contribution in [3.8, 4) is 11.3 Å². The molecule has 0 aliphatic heterocycles. The van der Waals surface area contributed by atoms with Gasteiger partial charge < -0.3 is 9.73 Å². The van der Waals surface area contributed by atoms with Gasteiger partial charge in [0.25, 0.3) is 5.91 Å². The predicted molar refractivity (Wildman–Crippen MR) is 88.5 cm³/mol. The van der Waals surface area contributed by atoms with E-state index in [1.807, 2.05) is 0 Å². The predicted octanol–water partition coefficient (Wildman–Crippen LogP) is 5.64. The number of hydrogen-bond acceptors (Lipinski definition) is 2. The van der Waals surface area contributed by atoms with Crippen molar-refractivity contribution in [3.63, 3.8) is 0 Å². The maximum atomic E-state index is 12.9. The first-order valence-electron chi connectivity index (χ1n) is 6.65. The molecule has 2 aromatic carbocycles. The van der Waals surface area contributed by atoms with E-state index >= 15 is 0 Å². The highest BCUT2D eigenvalue weighted by Gasteiger charge is 2.13. The van der Waals surface area contributed by atoms with E-state index in [-0.39, 0.29) is 11.6 Å². The number of rotatable bonds is 3. The van der Waals surface area contributed by atoms with Gasteiger partial charge in [-0.15, -0.1) is 0 Å². The first-order chi connectivity index (χ1) is 11.0. The van der Waals surface area contributed by atoms with Gasteiger partial charge in [0, 0.05) is 11.3 Å². The van der Waals surface area contributed by atoms with Crippen molar-refractivity contribution in [3.05, 3.63) is 76.2 Å². The van der Waals surface area contributed by atoms with Gasteiger partial charge in [0.2, 0.25) is 0 Å². The van der Waals surface area contributed by atoms with Crippen molar-refractivity contribution in [2.45, 2.75) is 0 Å². The number of hydrogen-bond donors (Lipinski definition) is 1. The quantitative estimate of drug-likeness (QED) is 0.664. The lowest BCUT2D eigenvalue weighted by Gasteiger charge is -2.04. The molecular formula is C17H10Cl2FNO2. The van der Waals surface area contributed by atoms with Gasteiger partial charge in [0.1, 0.15) is 11.6 Å². The van der Waals surface area contributed by atoms with Crippen molar-refractivity contribution in [2.24, 2.45) is 0 Å². The van der Waals surface area contributed by atoms with Gasteiger partial charge in [-0.2, -0.15) is 0 Å². The van der Waals surface area contributed by atoms with E-state index in [0.29, 0.717) is 27.1 Å². The van der Waals surface area contributed by atoms with E-state index in [4.69, 9.17) is 27.6 Å². The number of anilines is 1. The summed E-state index contributed by atoms with van der Waals surface area (Å²) in [6.45, 7) is 0. The van der Waals surface area contributed by atoms with Crippen LogP contribution < -0.4 is 5.32 Å². The normalized spacial score (nSPS) is 10.6. The molecule has 6 heteroatoms. The summed E-state index contributed by atoms with van der Waals surface area (Å²) >= 11 is 11.7. The summed E-state index contributed by atoms with van der Waals surface area (Å²) in [5.74, 6) is -0.144. The summed E-state index contributed by atoms with van der Waals surface area (Å²) in [4.78, 5) is 12.2. The van der Waals surface area contributed by atoms with Crippen molar-refractivity contribution in [2.75, 3.05) is 5.32 Å². The van der Waals surface area contributed by atoms with E-state index < -0.39 is 5.91 Å². The topological polar surface area (TPSA) is 42.2 Å². The maximum absolute atomic E-state index is 12.9. The maximum Gasteiger partial charge on any atom is 0.291 e. The Hall–Kier alpha value is -2.30. The van der Waals surface area contributed by atoms with E-state index in [1.165, 1.54) is 12.1 Å². The van der Waals surface area contributed by atoms with Gasteiger partial charge in [0.15, 0.2) is 5.76 Å². The lowest BCUT2D eigenvalue weighted by Crippen LogP contribution is -2.10. The third kappa shape index (κ3) is 3.55. The molecule has 3 rings (SSSR count). The molecule has 0 spiro atoms. The smallest absolute Gasteiger partial charge is 0.291 e. The van der Waals surface area contributed by atoms with Gasteiger partial charge in [-0.3, -0.25) is 4.79 Å². The number of nitrogens with one attached hydrogen (secondary N) is 1. The summed E-state index contributed by atoms with van der Waals surface area (Å²) in [5.41, 5.74) is 1.18. The Balaban J connectivity index is 1.78. The minimum atomic E-state index is -0.420. The SMILES string of the molecule is O=C(Nc1ccc(Cl)c(Cl)c1)c1ccc(-c2ccc(F)cc2)o1. The van der Waals surface area contributed by atoms with Crippen molar-refractivity contribution >= 4 is 34.8 Å². The molecule has 0 aliphatic carbocycles. The molecule has 0 saturated heterocycles. The van der Waals surface area contributed by atoms with Gasteiger partial charge in [-0.25, -0.2) is 4.39 Å². The zero-order chi connectivity index (χ0) is 16.4. The van der Waals surface area contributed by atoms with E-state index in [1.54, 1.807) is 42.5 Å². The molecular weight excluding hydrogens is 340 g/mol. The minimum Gasteiger partial charge on any atom is -0.451 e. The fourth-order valence-electron chi connectivity index (χ4n) is 2.00. The minimum absolute atomic E-state index is 0.135. The molecule has 0 saturated carbocycles. The first kappa shape index (κ1) is 15.6. The largest absolute Gasteiger partial charge is 0.451 e. The van der Waals surface area contributed by atoms with Crippen LogP contribution in [0, 0.1) is 5.82 Å². The Labute approximate surface area is 141 Å². The third-order valence-corrected chi connectivity index (χ3v) is 3.88. The van der Waals surface area contributed by atoms with Crippen LogP contribution in [0.5, 0.6) is 0 Å². The van der Waals surface area contributed by atoms with Gasteiger partial charge in [0.05, 0.1) is 10.0 Å². The molecule has 0 fully saturated rings. The Morgan fingerprint density at radius 3 is 2.39 bits per heavy atom. The zero-order valence-electron chi connectivity index (χ0n) is 11.6. The summed E-state index contributed by atoms with van der Waals surface area (Å²) in [5, 5.41) is 3.41. The molecule has 3 aromatic rings. The molecule has 0 atom stereocenters. The van der Waals surface area contributed by atoms with Crippen LogP contribution in [0.1, 0.15) is 10.6 Å². The molecule has 1 heterocycles. The highest BCUT2D eigenvalue weighted by molar-refractivity contribution is 6.42. The lowest BCUT2D eigenvalue weighted by atomic mass is 10.2. The molecule has 0 unspecified atom stereocenters. The molecule has 1 aromatic heterocycles. The van der Waals surface area contributed by atoms with Crippen LogP contribution in [0.25, 0.3) is 11.3 Å². The number of halogens is 3. The summed E-state index contributed by atoms with van der Waals surface area (Å²) < 4.78 is 18.4. The second-order valence-corrected chi connectivity index (χ2v) is 5.57. The van der Waals surface area contributed by atoms with Crippen LogP contribution in [0.3, 0.4) is 0 Å². The Bertz CT molecular complexity index is 859. The molecule has 116 valence electrons. The Morgan fingerprint density at radius 2 is 1.70 bits per heavy atom. The highest BCUT2D eigenvalue weighted by Crippen LogP contribution is 2.26. The van der Waals surface area contributed by atoms with Crippen LogP contribution in [0.15, 0.2) is 59.0 Å². The van der Waals surface area contributed by atoms with Crippen LogP contribution in [-0.2, 0) is 0 Å². The average molecular weight is 350 g/mol. The fourth-order valence-corrected chi connectivity index (χ4v) is 2.29. The van der Waals surface area contributed by atoms with Crippen LogP contribution in [0.2, 0.25) is 10.0 Å². The van der Waals surface area contributed by atoms with Crippen LogP contribution in [-0.4, -0.2) is 5.91 Å². The summed E-state index contributed by atoms with van der Waals surface area (Å²) in [7, 11) is 0. The molecule has 1 amide bonds. The number of amides is 1. The number of carbonyl (C=O) groups is 1. The van der Waals surface area contributed by atoms with Crippen LogP contribution >= 0.6 is 23.2 Å². The third-order valence-electron chi connectivity index (χ3n) is 3.14. The van der Waals surface area contributed by atoms with Crippen molar-refractivity contribution in [1.29, 1.82) is 0 Å². The van der Waals surface area contributed by atoms with E-state index in [9.17, 15) is 9.18 Å². The molecule has 0 aliphatic rings. The summed E-state index contributed by atoms with van der Waals surface area (Å²) in [6.07, 6.45) is 0. The van der Waals surface area contributed by atoms with Gasteiger partial charge >= 0.3 is 0 Å². The van der Waals surface area contributed by atoms with Crippen LogP contribution in [0.4, 0.5) is 10.1 Å². The monoisotopic (exact) mass is 349 g/mol. The van der Waals surface area contributed by atoms with Gasteiger partial charge in [-0.1, -0.05) is 23.2 Å². The second kappa shape index (κ2) is 6.44. The standard InChI is InChI=1S/C17H10Cl2FNO2/c18-13-6-5-12(9-14(13)19)21-17(22)16-8-7-15(23-16)10-1-3-11(20)4-2-10/h1-9H,(H,21,22). The number of furan rings is 1. The molecule has 3 nitrogen and oxygen atoms in total. The highest BCUT2D eigenvalue weighted by atomic mass is 35.5. The molecule has 23 heavy (non-hydrogen) atoms. The second-order valence-electron chi connectivity index (χ2n) is 4.75. The number of carbonyl (C=O) groups excluding carboxylic acids is 1. The fraction of sp³-hybridized carbons (Fsp3) is 0. The van der Waals surface area contributed by atoms with Crippen molar-refractivity contribution < 1.29 is 13.6 Å². The van der Waals surface area contributed by atoms with Crippen molar-refractivity contribution in [1.82, 2.24) is 0 Å². The van der Waals surface area contributed by atoms with Gasteiger partial charge in [-0.05, 0) is 54.6 Å². The van der Waals surface area contributed by atoms with E-state index in [0.717, 1.165) is 0 Å². The summed E-state index contributed by atoms with van der Waals surface area (Å²) in [6, 6.07) is 13.8. The molecule has 0 radical (unpaired) electrons. The zero-order valence-corrected chi connectivity index (χ0v) is 13.2. The lowest BCUT2D eigenvalue weighted by molar-refractivity contribution is 0.0997. The molecule has 1 N–H and O–H groups in total. The first-order valence-corrected chi connectivity index (χ1v) is 7.41. The average Bonchev–Trinajstić information content (AvgIpc) is 3.02. The Morgan fingerprint density at radius 1 is 0.957 bits per heavy atom. The molecule has 0 bridgehead atoms.